The largest absolute Gasteiger partial charge is 0.308 e. The molecule has 1 aliphatic rings. The van der Waals surface area contributed by atoms with Crippen LogP contribution in [0.2, 0.25) is 0 Å². The monoisotopic (exact) mass is 414 g/mol. The van der Waals surface area contributed by atoms with E-state index in [1.807, 2.05) is 54.6 Å². The van der Waals surface area contributed by atoms with Gasteiger partial charge in [-0.2, -0.15) is 0 Å². The Kier molecular flexibility index (Phi) is 4.09. The molecule has 2 heterocycles. The first-order chi connectivity index (χ1) is 12.1. The molecule has 0 fully saturated rings. The van der Waals surface area contributed by atoms with Crippen LogP contribution in [0.15, 0.2) is 63.9 Å². The number of halogens is 1. The standard InChI is InChI=1S/C19H15BrN2O2S/c1-21-18-17(25-19(21)24)15(12-6-5-7-13(20)10-12)11-16(23)22(18)14-8-3-2-4-9-14/h2-10,15H,11H2,1H3/t15-/m0/s1. The van der Waals surface area contributed by atoms with Gasteiger partial charge in [0.15, 0.2) is 0 Å². The van der Waals surface area contributed by atoms with Gasteiger partial charge < -0.3 is 0 Å². The summed E-state index contributed by atoms with van der Waals surface area (Å²) in [7, 11) is 1.73. The molecule has 3 aromatic rings. The van der Waals surface area contributed by atoms with Gasteiger partial charge in [0, 0.05) is 23.9 Å². The van der Waals surface area contributed by atoms with E-state index < -0.39 is 0 Å². The second-order valence-electron chi connectivity index (χ2n) is 5.99. The molecule has 25 heavy (non-hydrogen) atoms. The summed E-state index contributed by atoms with van der Waals surface area (Å²) >= 11 is 4.72. The van der Waals surface area contributed by atoms with Crippen LogP contribution in [-0.4, -0.2) is 10.5 Å². The lowest BCUT2D eigenvalue weighted by atomic mass is 9.90. The SMILES string of the molecule is Cn1c2c(sc1=O)[C@H](c1cccc(Br)c1)CC(=O)N2c1ccccc1. The third-order valence-corrected chi connectivity index (χ3v) is 6.06. The summed E-state index contributed by atoms with van der Waals surface area (Å²) in [5.41, 5.74) is 1.83. The van der Waals surface area contributed by atoms with Crippen LogP contribution in [0.5, 0.6) is 0 Å². The summed E-state index contributed by atoms with van der Waals surface area (Å²) in [6, 6.07) is 17.4. The Balaban J connectivity index is 1.92. The molecule has 1 amide bonds. The number of hydrogen-bond acceptors (Lipinski definition) is 3. The van der Waals surface area contributed by atoms with E-state index >= 15 is 0 Å². The van der Waals surface area contributed by atoms with E-state index in [0.29, 0.717) is 12.2 Å². The molecule has 0 saturated carbocycles. The van der Waals surface area contributed by atoms with Gasteiger partial charge in [0.2, 0.25) is 5.91 Å². The third kappa shape index (κ3) is 2.75. The van der Waals surface area contributed by atoms with Crippen molar-refractivity contribution in [1.82, 2.24) is 4.57 Å². The van der Waals surface area contributed by atoms with Crippen LogP contribution >= 0.6 is 27.3 Å². The Bertz CT molecular complexity index is 1010. The summed E-state index contributed by atoms with van der Waals surface area (Å²) in [5, 5.41) is 0. The molecule has 2 aromatic carbocycles. The topological polar surface area (TPSA) is 42.3 Å². The van der Waals surface area contributed by atoms with Gasteiger partial charge in [0.1, 0.15) is 5.82 Å². The lowest BCUT2D eigenvalue weighted by Gasteiger charge is -2.32. The molecule has 0 spiro atoms. The minimum Gasteiger partial charge on any atom is -0.288 e. The highest BCUT2D eigenvalue weighted by Gasteiger charge is 2.37. The number of carbonyl (C=O) groups excluding carboxylic acids is 1. The van der Waals surface area contributed by atoms with E-state index in [4.69, 9.17) is 0 Å². The quantitative estimate of drug-likeness (QED) is 0.622. The van der Waals surface area contributed by atoms with Crippen molar-refractivity contribution in [3.05, 3.63) is 79.2 Å². The highest BCUT2D eigenvalue weighted by atomic mass is 79.9. The van der Waals surface area contributed by atoms with Gasteiger partial charge in [-0.15, -0.1) is 0 Å². The average molecular weight is 415 g/mol. The molecule has 1 aromatic heterocycles. The van der Waals surface area contributed by atoms with Crippen LogP contribution in [0, 0.1) is 0 Å². The molecule has 0 N–H and O–H groups in total. The number of carbonyl (C=O) groups is 1. The predicted octanol–water partition coefficient (Wildman–Crippen LogP) is 4.41. The first-order valence-corrected chi connectivity index (χ1v) is 9.50. The Labute approximate surface area is 157 Å². The molecule has 1 aliphatic heterocycles. The van der Waals surface area contributed by atoms with Gasteiger partial charge in [0.25, 0.3) is 0 Å². The maximum atomic E-state index is 13.0. The van der Waals surface area contributed by atoms with E-state index in [2.05, 4.69) is 15.9 Å². The van der Waals surface area contributed by atoms with Crippen molar-refractivity contribution in [2.45, 2.75) is 12.3 Å². The zero-order valence-corrected chi connectivity index (χ0v) is 15.9. The lowest BCUT2D eigenvalue weighted by Crippen LogP contribution is -2.34. The molecule has 4 rings (SSSR count). The number of nitrogens with zero attached hydrogens (tertiary/aromatic N) is 2. The van der Waals surface area contributed by atoms with Crippen LogP contribution in [0.3, 0.4) is 0 Å². The number of aromatic nitrogens is 1. The molecule has 126 valence electrons. The number of hydrogen-bond donors (Lipinski definition) is 0. The summed E-state index contributed by atoms with van der Waals surface area (Å²) in [6.45, 7) is 0. The van der Waals surface area contributed by atoms with E-state index in [1.165, 1.54) is 11.3 Å². The lowest BCUT2D eigenvalue weighted by molar-refractivity contribution is -0.118. The van der Waals surface area contributed by atoms with Crippen molar-refractivity contribution in [2.75, 3.05) is 4.90 Å². The van der Waals surface area contributed by atoms with E-state index in [0.717, 1.165) is 20.6 Å². The zero-order chi connectivity index (χ0) is 17.6. The fourth-order valence-corrected chi connectivity index (χ4v) is 4.77. The van der Waals surface area contributed by atoms with Crippen molar-refractivity contribution >= 4 is 44.7 Å². The third-order valence-electron chi connectivity index (χ3n) is 4.43. The second-order valence-corrected chi connectivity index (χ2v) is 7.90. The summed E-state index contributed by atoms with van der Waals surface area (Å²) in [6.07, 6.45) is 0.346. The van der Waals surface area contributed by atoms with Crippen LogP contribution in [0.25, 0.3) is 0 Å². The van der Waals surface area contributed by atoms with Crippen molar-refractivity contribution in [3.63, 3.8) is 0 Å². The highest BCUT2D eigenvalue weighted by Crippen LogP contribution is 2.44. The molecule has 6 heteroatoms. The van der Waals surface area contributed by atoms with Crippen LogP contribution in [-0.2, 0) is 11.8 Å². The number of anilines is 2. The number of fused-ring (bicyclic) bond motifs is 1. The van der Waals surface area contributed by atoms with Gasteiger partial charge in [-0.1, -0.05) is 57.6 Å². The molecule has 0 radical (unpaired) electrons. The molecule has 4 nitrogen and oxygen atoms in total. The van der Waals surface area contributed by atoms with Gasteiger partial charge in [-0.3, -0.25) is 19.1 Å². The van der Waals surface area contributed by atoms with Crippen molar-refractivity contribution < 1.29 is 4.79 Å². The number of rotatable bonds is 2. The first-order valence-electron chi connectivity index (χ1n) is 7.89. The van der Waals surface area contributed by atoms with Crippen LogP contribution < -0.4 is 9.77 Å². The fraction of sp³-hybridized carbons (Fsp3) is 0.158. The van der Waals surface area contributed by atoms with Crippen LogP contribution in [0.1, 0.15) is 22.8 Å². The smallest absolute Gasteiger partial charge is 0.288 e. The molecular weight excluding hydrogens is 400 g/mol. The number of amides is 1. The Morgan fingerprint density at radius 1 is 1.08 bits per heavy atom. The van der Waals surface area contributed by atoms with Crippen LogP contribution in [0.4, 0.5) is 11.5 Å². The minimum absolute atomic E-state index is 0.00271. The van der Waals surface area contributed by atoms with Crippen molar-refractivity contribution in [3.8, 4) is 0 Å². The second kappa shape index (κ2) is 6.28. The van der Waals surface area contributed by atoms with Gasteiger partial charge in [0.05, 0.1) is 10.6 Å². The van der Waals surface area contributed by atoms with Crippen molar-refractivity contribution in [2.24, 2.45) is 7.05 Å². The van der Waals surface area contributed by atoms with Gasteiger partial charge >= 0.3 is 4.87 Å². The maximum Gasteiger partial charge on any atom is 0.308 e. The fourth-order valence-electron chi connectivity index (χ4n) is 3.26. The zero-order valence-electron chi connectivity index (χ0n) is 13.5. The molecule has 0 aliphatic carbocycles. The first kappa shape index (κ1) is 16.3. The maximum absolute atomic E-state index is 13.0. The summed E-state index contributed by atoms with van der Waals surface area (Å²) in [5.74, 6) is 0.582. The molecule has 1 atom stereocenters. The summed E-state index contributed by atoms with van der Waals surface area (Å²) < 4.78 is 2.54. The highest BCUT2D eigenvalue weighted by molar-refractivity contribution is 9.10. The van der Waals surface area contributed by atoms with E-state index in [9.17, 15) is 9.59 Å². The Hall–Kier alpha value is -2.18. The van der Waals surface area contributed by atoms with Crippen molar-refractivity contribution in [1.29, 1.82) is 0 Å². The van der Waals surface area contributed by atoms with Gasteiger partial charge in [-0.05, 0) is 29.8 Å². The van der Waals surface area contributed by atoms with E-state index in [1.54, 1.807) is 16.5 Å². The van der Waals surface area contributed by atoms with E-state index in [-0.39, 0.29) is 16.7 Å². The normalized spacial score (nSPS) is 16.8. The Morgan fingerprint density at radius 3 is 2.56 bits per heavy atom. The Morgan fingerprint density at radius 2 is 1.84 bits per heavy atom. The molecule has 0 bridgehead atoms. The summed E-state index contributed by atoms with van der Waals surface area (Å²) in [4.78, 5) is 27.9. The number of para-hydroxylation sites is 1. The molecule has 0 unspecified atom stereocenters. The average Bonchev–Trinajstić information content (AvgIpc) is 2.90. The number of benzene rings is 2. The molecule has 0 saturated heterocycles. The number of thiazole rings is 1. The molecular formula is C19H15BrN2O2S. The predicted molar refractivity (Wildman–Crippen MR) is 104 cm³/mol. The minimum atomic E-state index is -0.0983. The van der Waals surface area contributed by atoms with Gasteiger partial charge in [-0.25, -0.2) is 0 Å².